The van der Waals surface area contributed by atoms with Crippen LogP contribution in [0.3, 0.4) is 0 Å². The van der Waals surface area contributed by atoms with E-state index in [2.05, 4.69) is 52.1 Å². The Hall–Kier alpha value is -1.52. The number of ether oxygens (including phenoxy) is 1. The Morgan fingerprint density at radius 3 is 2.45 bits per heavy atom. The maximum Gasteiger partial charge on any atom is 0.133 e. The largest absolute Gasteiger partial charge is 0.496 e. The molecule has 0 saturated heterocycles. The highest BCUT2D eigenvalue weighted by atomic mass is 79.9. The smallest absolute Gasteiger partial charge is 0.133 e. The van der Waals surface area contributed by atoms with Gasteiger partial charge in [0.25, 0.3) is 0 Å². The summed E-state index contributed by atoms with van der Waals surface area (Å²) in [6.45, 7) is 0.546. The van der Waals surface area contributed by atoms with Crippen LogP contribution < -0.4 is 15.4 Å². The molecule has 0 bridgehead atoms. The number of benzene rings is 2. The summed E-state index contributed by atoms with van der Waals surface area (Å²) >= 11 is 3.53. The predicted molar refractivity (Wildman–Crippen MR) is 87.3 cm³/mol. The number of nitrogens with zero attached hydrogens (tertiary/aromatic N) is 1. The predicted octanol–water partition coefficient (Wildman–Crippen LogP) is 3.59. The van der Waals surface area contributed by atoms with Gasteiger partial charge in [-0.15, -0.1) is 0 Å². The number of hydrogen-bond acceptors (Lipinski definition) is 3. The average molecular weight is 335 g/mol. The van der Waals surface area contributed by atoms with E-state index < -0.39 is 0 Å². The van der Waals surface area contributed by atoms with E-state index in [1.165, 1.54) is 0 Å². The Labute approximate surface area is 128 Å². The zero-order chi connectivity index (χ0) is 14.5. The van der Waals surface area contributed by atoms with Crippen LogP contribution in [0.4, 0.5) is 5.69 Å². The van der Waals surface area contributed by atoms with E-state index in [-0.39, 0.29) is 6.04 Å². The molecule has 20 heavy (non-hydrogen) atoms. The molecule has 106 valence electrons. The van der Waals surface area contributed by atoms with E-state index in [0.29, 0.717) is 6.54 Å². The molecule has 0 aliphatic carbocycles. The molecule has 2 N–H and O–H groups in total. The number of rotatable bonds is 5. The Kier molecular flexibility index (Phi) is 5.04. The molecule has 1 unspecified atom stereocenters. The van der Waals surface area contributed by atoms with Crippen LogP contribution in [0.15, 0.2) is 53.0 Å². The molecule has 0 spiro atoms. The number of hydrogen-bond donors (Lipinski definition) is 1. The van der Waals surface area contributed by atoms with Gasteiger partial charge in [0.2, 0.25) is 0 Å². The number of likely N-dealkylation sites (N-methyl/N-ethyl adjacent to an activating group) is 1. The maximum atomic E-state index is 5.98. The lowest BCUT2D eigenvalue weighted by Crippen LogP contribution is -2.30. The van der Waals surface area contributed by atoms with Gasteiger partial charge < -0.3 is 15.4 Å². The minimum absolute atomic E-state index is 0.125. The first-order valence-corrected chi connectivity index (χ1v) is 7.28. The molecule has 0 aliphatic rings. The summed E-state index contributed by atoms with van der Waals surface area (Å²) in [6, 6.07) is 16.4. The van der Waals surface area contributed by atoms with Gasteiger partial charge in [0, 0.05) is 19.3 Å². The van der Waals surface area contributed by atoms with Crippen LogP contribution in [0.5, 0.6) is 5.75 Å². The summed E-state index contributed by atoms with van der Waals surface area (Å²) < 4.78 is 6.21. The van der Waals surface area contributed by atoms with Gasteiger partial charge in [-0.05, 0) is 45.8 Å². The van der Waals surface area contributed by atoms with Crippen LogP contribution in [0, 0.1) is 0 Å². The van der Waals surface area contributed by atoms with Crippen molar-refractivity contribution in [3.8, 4) is 5.75 Å². The molecular formula is C16H19BrN2O. The Morgan fingerprint density at radius 2 is 1.90 bits per heavy atom. The van der Waals surface area contributed by atoms with Crippen molar-refractivity contribution in [3.05, 3.63) is 58.6 Å². The van der Waals surface area contributed by atoms with Crippen LogP contribution in [-0.2, 0) is 0 Å². The first-order chi connectivity index (χ1) is 9.67. The molecular weight excluding hydrogens is 316 g/mol. The van der Waals surface area contributed by atoms with Crippen molar-refractivity contribution >= 4 is 21.6 Å². The number of halogens is 1. The molecule has 0 fully saturated rings. The number of para-hydroxylation sites is 1. The normalized spacial score (nSPS) is 12.0. The minimum atomic E-state index is 0.125. The lowest BCUT2D eigenvalue weighted by atomic mass is 10.0. The quantitative estimate of drug-likeness (QED) is 0.907. The fourth-order valence-electron chi connectivity index (χ4n) is 2.25. The highest BCUT2D eigenvalue weighted by molar-refractivity contribution is 9.10. The third kappa shape index (κ3) is 3.14. The second-order valence-electron chi connectivity index (χ2n) is 4.59. The molecule has 0 aliphatic heterocycles. The third-order valence-electron chi connectivity index (χ3n) is 3.41. The van der Waals surface area contributed by atoms with Crippen LogP contribution in [-0.4, -0.2) is 20.7 Å². The van der Waals surface area contributed by atoms with Crippen LogP contribution in [0.25, 0.3) is 0 Å². The summed E-state index contributed by atoms with van der Waals surface area (Å²) in [7, 11) is 3.72. The van der Waals surface area contributed by atoms with E-state index >= 15 is 0 Å². The highest BCUT2D eigenvalue weighted by Crippen LogP contribution is 2.31. The van der Waals surface area contributed by atoms with Crippen molar-refractivity contribution in [3.63, 3.8) is 0 Å². The standard InChI is InChI=1S/C16H19BrN2O/c1-19(13-6-4-3-5-7-13)15(11-18)12-8-9-16(20-2)14(17)10-12/h3-10,15H,11,18H2,1-2H3. The molecule has 0 amide bonds. The molecule has 1 atom stereocenters. The molecule has 0 aromatic heterocycles. The second kappa shape index (κ2) is 6.77. The van der Waals surface area contributed by atoms with Gasteiger partial charge in [-0.25, -0.2) is 0 Å². The van der Waals surface area contributed by atoms with Crippen molar-refractivity contribution in [2.24, 2.45) is 5.73 Å². The molecule has 2 aromatic carbocycles. The first kappa shape index (κ1) is 14.9. The summed E-state index contributed by atoms with van der Waals surface area (Å²) in [5.41, 5.74) is 8.28. The fraction of sp³-hybridized carbons (Fsp3) is 0.250. The Bertz CT molecular complexity index is 560. The minimum Gasteiger partial charge on any atom is -0.496 e. The summed E-state index contributed by atoms with van der Waals surface area (Å²) in [6.07, 6.45) is 0. The van der Waals surface area contributed by atoms with Gasteiger partial charge in [-0.1, -0.05) is 24.3 Å². The SMILES string of the molecule is COc1ccc(C(CN)N(C)c2ccccc2)cc1Br. The van der Waals surface area contributed by atoms with E-state index in [1.807, 2.05) is 24.3 Å². The topological polar surface area (TPSA) is 38.5 Å². The molecule has 2 rings (SSSR count). The lowest BCUT2D eigenvalue weighted by Gasteiger charge is -2.29. The van der Waals surface area contributed by atoms with Crippen molar-refractivity contribution < 1.29 is 4.74 Å². The van der Waals surface area contributed by atoms with Crippen molar-refractivity contribution in [2.75, 3.05) is 25.6 Å². The number of anilines is 1. The maximum absolute atomic E-state index is 5.98. The van der Waals surface area contributed by atoms with Gasteiger partial charge in [0.1, 0.15) is 5.75 Å². The van der Waals surface area contributed by atoms with E-state index in [0.717, 1.165) is 21.5 Å². The van der Waals surface area contributed by atoms with Crippen molar-refractivity contribution in [2.45, 2.75) is 6.04 Å². The molecule has 0 radical (unpaired) electrons. The van der Waals surface area contributed by atoms with Crippen LogP contribution in [0.1, 0.15) is 11.6 Å². The zero-order valence-corrected chi connectivity index (χ0v) is 13.3. The van der Waals surface area contributed by atoms with E-state index in [1.54, 1.807) is 7.11 Å². The molecule has 3 nitrogen and oxygen atoms in total. The van der Waals surface area contributed by atoms with E-state index in [9.17, 15) is 0 Å². The van der Waals surface area contributed by atoms with E-state index in [4.69, 9.17) is 10.5 Å². The average Bonchev–Trinajstić information content (AvgIpc) is 2.49. The van der Waals surface area contributed by atoms with Gasteiger partial charge >= 0.3 is 0 Å². The summed E-state index contributed by atoms with van der Waals surface area (Å²) in [4.78, 5) is 2.19. The molecule has 2 aromatic rings. The summed E-state index contributed by atoms with van der Waals surface area (Å²) in [5.74, 6) is 0.826. The van der Waals surface area contributed by atoms with Gasteiger partial charge in [0.15, 0.2) is 0 Å². The molecule has 0 heterocycles. The van der Waals surface area contributed by atoms with Crippen LogP contribution >= 0.6 is 15.9 Å². The highest BCUT2D eigenvalue weighted by Gasteiger charge is 2.17. The second-order valence-corrected chi connectivity index (χ2v) is 5.45. The number of methoxy groups -OCH3 is 1. The Morgan fingerprint density at radius 1 is 1.20 bits per heavy atom. The molecule has 4 heteroatoms. The Balaban J connectivity index is 2.30. The number of nitrogens with two attached hydrogens (primary N) is 1. The zero-order valence-electron chi connectivity index (χ0n) is 11.7. The lowest BCUT2D eigenvalue weighted by molar-refractivity contribution is 0.412. The van der Waals surface area contributed by atoms with Crippen LogP contribution in [0.2, 0.25) is 0 Å². The van der Waals surface area contributed by atoms with Crippen molar-refractivity contribution in [1.29, 1.82) is 0 Å². The summed E-state index contributed by atoms with van der Waals surface area (Å²) in [5, 5.41) is 0. The monoisotopic (exact) mass is 334 g/mol. The van der Waals surface area contributed by atoms with Crippen molar-refractivity contribution in [1.82, 2.24) is 0 Å². The first-order valence-electron chi connectivity index (χ1n) is 6.48. The third-order valence-corrected chi connectivity index (χ3v) is 4.03. The van der Waals surface area contributed by atoms with Gasteiger partial charge in [-0.2, -0.15) is 0 Å². The van der Waals surface area contributed by atoms with Gasteiger partial charge in [0.05, 0.1) is 17.6 Å². The van der Waals surface area contributed by atoms with Gasteiger partial charge in [-0.3, -0.25) is 0 Å². The molecule has 0 saturated carbocycles. The fourth-order valence-corrected chi connectivity index (χ4v) is 2.81.